The number of aromatic nitrogens is 5. The van der Waals surface area contributed by atoms with Crippen LogP contribution in [-0.4, -0.2) is 43.1 Å². The number of hydrogen-bond acceptors (Lipinski definition) is 6. The minimum Gasteiger partial charge on any atom is -0.486 e. The van der Waals surface area contributed by atoms with Gasteiger partial charge in [0.1, 0.15) is 11.5 Å². The van der Waals surface area contributed by atoms with Gasteiger partial charge in [-0.2, -0.15) is 23.4 Å². The lowest BCUT2D eigenvalue weighted by Crippen LogP contribution is -2.27. The van der Waals surface area contributed by atoms with Crippen LogP contribution in [0.3, 0.4) is 0 Å². The largest absolute Gasteiger partial charge is 0.486 e. The fourth-order valence-corrected chi connectivity index (χ4v) is 5.50. The molecule has 0 radical (unpaired) electrons. The maximum Gasteiger partial charge on any atom is 0.438 e. The van der Waals surface area contributed by atoms with Crippen molar-refractivity contribution in [1.82, 2.24) is 29.9 Å². The molecule has 39 heavy (non-hydrogen) atoms. The van der Waals surface area contributed by atoms with E-state index in [0.29, 0.717) is 37.8 Å². The summed E-state index contributed by atoms with van der Waals surface area (Å²) in [6, 6.07) is 7.80. The van der Waals surface area contributed by atoms with Crippen LogP contribution in [0.25, 0.3) is 22.2 Å². The molecular formula is C27H28F3N7O2. The minimum absolute atomic E-state index is 0.0340. The van der Waals surface area contributed by atoms with Crippen molar-refractivity contribution in [3.05, 3.63) is 53.5 Å². The van der Waals surface area contributed by atoms with Gasteiger partial charge in [0.25, 0.3) is 5.91 Å². The third kappa shape index (κ3) is 4.68. The van der Waals surface area contributed by atoms with Gasteiger partial charge in [0.15, 0.2) is 5.75 Å². The van der Waals surface area contributed by atoms with Gasteiger partial charge in [-0.05, 0) is 44.2 Å². The quantitative estimate of drug-likeness (QED) is 0.354. The number of pyridine rings is 1. The summed E-state index contributed by atoms with van der Waals surface area (Å²) < 4.78 is 49.0. The second-order valence-corrected chi connectivity index (χ2v) is 10.0. The SMILES string of the molecule is CCNc1cc2c(cn1)c(-c1ccc3c(c1)C(=O)NC3)nn2[C@H]1CC[C@@H](Oc2cn(C)nc2C(F)(F)F)CC1. The van der Waals surface area contributed by atoms with Crippen molar-refractivity contribution in [2.75, 3.05) is 11.9 Å². The van der Waals surface area contributed by atoms with Crippen molar-refractivity contribution >= 4 is 22.6 Å². The second-order valence-electron chi connectivity index (χ2n) is 10.0. The standard InChI is InChI=1S/C27H28F3N7O2/c1-3-31-23-11-21-20(13-32-23)24(15-4-5-16-12-33-26(38)19(16)10-15)34-37(21)17-6-8-18(9-7-17)39-22-14-36(2)35-25(22)27(28,29)30/h4-5,10-11,13-14,17-18H,3,6-9,12H2,1-2H3,(H,31,32)(H,33,38)/t17-,18+. The third-order valence-corrected chi connectivity index (χ3v) is 7.36. The van der Waals surface area contributed by atoms with Crippen molar-refractivity contribution in [2.24, 2.45) is 7.05 Å². The topological polar surface area (TPSA) is 98.9 Å². The van der Waals surface area contributed by atoms with Gasteiger partial charge >= 0.3 is 6.18 Å². The molecule has 0 spiro atoms. The lowest BCUT2D eigenvalue weighted by Gasteiger charge is -2.29. The Bertz CT molecular complexity index is 1550. The summed E-state index contributed by atoms with van der Waals surface area (Å²) in [5.41, 5.74) is 3.10. The van der Waals surface area contributed by atoms with Crippen molar-refractivity contribution < 1.29 is 22.7 Å². The summed E-state index contributed by atoms with van der Waals surface area (Å²) in [5.74, 6) is 0.408. The molecule has 0 bridgehead atoms. The number of rotatable bonds is 6. The molecule has 3 aromatic heterocycles. The number of ether oxygens (including phenoxy) is 1. The molecule has 2 N–H and O–H groups in total. The Morgan fingerprint density at radius 1 is 1.15 bits per heavy atom. The van der Waals surface area contributed by atoms with Crippen LogP contribution in [0.5, 0.6) is 5.75 Å². The van der Waals surface area contributed by atoms with E-state index < -0.39 is 11.9 Å². The highest BCUT2D eigenvalue weighted by Crippen LogP contribution is 2.39. The fraction of sp³-hybridized carbons (Fsp3) is 0.407. The van der Waals surface area contributed by atoms with E-state index in [4.69, 9.17) is 9.84 Å². The van der Waals surface area contributed by atoms with E-state index in [1.807, 2.05) is 35.9 Å². The van der Waals surface area contributed by atoms with Crippen molar-refractivity contribution in [2.45, 2.75) is 57.5 Å². The van der Waals surface area contributed by atoms with E-state index in [-0.39, 0.29) is 23.8 Å². The molecule has 0 atom stereocenters. The molecule has 204 valence electrons. The van der Waals surface area contributed by atoms with Crippen LogP contribution < -0.4 is 15.4 Å². The number of nitrogens with one attached hydrogen (secondary N) is 2. The van der Waals surface area contributed by atoms with E-state index in [1.165, 1.54) is 13.2 Å². The van der Waals surface area contributed by atoms with Crippen LogP contribution in [0, 0.1) is 0 Å². The van der Waals surface area contributed by atoms with Crippen LogP contribution in [0.1, 0.15) is 60.3 Å². The Balaban J connectivity index is 1.29. The highest BCUT2D eigenvalue weighted by Gasteiger charge is 2.39. The Labute approximate surface area is 222 Å². The molecule has 4 heterocycles. The molecule has 0 unspecified atom stereocenters. The van der Waals surface area contributed by atoms with Crippen molar-refractivity contribution in [3.63, 3.8) is 0 Å². The maximum atomic E-state index is 13.4. The van der Waals surface area contributed by atoms with E-state index in [0.717, 1.165) is 44.8 Å². The molecule has 2 aliphatic rings. The fourth-order valence-electron chi connectivity index (χ4n) is 5.50. The average Bonchev–Trinajstić information content (AvgIpc) is 3.59. The molecular weight excluding hydrogens is 511 g/mol. The number of alkyl halides is 3. The summed E-state index contributed by atoms with van der Waals surface area (Å²) in [6.45, 7) is 3.24. The molecule has 9 nitrogen and oxygen atoms in total. The molecule has 12 heteroatoms. The number of aryl methyl sites for hydroxylation is 1. The predicted molar refractivity (Wildman–Crippen MR) is 138 cm³/mol. The Kier molecular flexibility index (Phi) is 6.19. The van der Waals surface area contributed by atoms with E-state index in [2.05, 4.69) is 20.7 Å². The van der Waals surface area contributed by atoms with Crippen LogP contribution in [0.15, 0.2) is 36.7 Å². The first kappa shape index (κ1) is 25.2. The van der Waals surface area contributed by atoms with E-state index in [1.54, 1.807) is 6.20 Å². The minimum atomic E-state index is -4.57. The highest BCUT2D eigenvalue weighted by molar-refractivity contribution is 6.01. The lowest BCUT2D eigenvalue weighted by molar-refractivity contribution is -0.143. The van der Waals surface area contributed by atoms with Gasteiger partial charge in [-0.25, -0.2) is 4.98 Å². The Morgan fingerprint density at radius 2 is 1.95 bits per heavy atom. The van der Waals surface area contributed by atoms with Crippen LogP contribution >= 0.6 is 0 Å². The smallest absolute Gasteiger partial charge is 0.438 e. The molecule has 1 aliphatic heterocycles. The number of amides is 1. The third-order valence-electron chi connectivity index (χ3n) is 7.36. The molecule has 6 rings (SSSR count). The molecule has 0 saturated heterocycles. The summed E-state index contributed by atoms with van der Waals surface area (Å²) in [5, 5.41) is 15.5. The highest BCUT2D eigenvalue weighted by atomic mass is 19.4. The van der Waals surface area contributed by atoms with Crippen LogP contribution in [-0.2, 0) is 19.8 Å². The molecule has 1 fully saturated rings. The zero-order valence-corrected chi connectivity index (χ0v) is 21.5. The number of nitrogens with zero attached hydrogens (tertiary/aromatic N) is 5. The summed E-state index contributed by atoms with van der Waals surface area (Å²) in [4.78, 5) is 16.8. The van der Waals surface area contributed by atoms with Gasteiger partial charge < -0.3 is 15.4 Å². The number of carbonyl (C=O) groups excluding carboxylic acids is 1. The van der Waals surface area contributed by atoms with Gasteiger partial charge in [-0.3, -0.25) is 14.2 Å². The van der Waals surface area contributed by atoms with E-state index >= 15 is 0 Å². The van der Waals surface area contributed by atoms with Gasteiger partial charge in [-0.1, -0.05) is 12.1 Å². The van der Waals surface area contributed by atoms with Gasteiger partial charge in [0.05, 0.1) is 23.9 Å². The van der Waals surface area contributed by atoms with Gasteiger partial charge in [-0.15, -0.1) is 0 Å². The normalized spacial score (nSPS) is 19.3. The molecule has 1 saturated carbocycles. The first-order valence-corrected chi connectivity index (χ1v) is 13.0. The Morgan fingerprint density at radius 3 is 2.69 bits per heavy atom. The van der Waals surface area contributed by atoms with Crippen molar-refractivity contribution in [3.8, 4) is 17.0 Å². The first-order valence-electron chi connectivity index (χ1n) is 13.0. The first-order chi connectivity index (χ1) is 18.7. The zero-order valence-electron chi connectivity index (χ0n) is 21.5. The number of carbonyl (C=O) groups is 1. The Hall–Kier alpha value is -4.09. The summed E-state index contributed by atoms with van der Waals surface area (Å²) in [7, 11) is 1.45. The molecule has 1 aromatic carbocycles. The summed E-state index contributed by atoms with van der Waals surface area (Å²) in [6.07, 6.45) is 0.692. The van der Waals surface area contributed by atoms with E-state index in [9.17, 15) is 18.0 Å². The van der Waals surface area contributed by atoms with Crippen LogP contribution in [0.4, 0.5) is 19.0 Å². The lowest BCUT2D eigenvalue weighted by atomic mass is 9.93. The van der Waals surface area contributed by atoms with Crippen molar-refractivity contribution in [1.29, 1.82) is 0 Å². The number of fused-ring (bicyclic) bond motifs is 2. The second kappa shape index (κ2) is 9.58. The molecule has 1 amide bonds. The zero-order chi connectivity index (χ0) is 27.3. The van der Waals surface area contributed by atoms with Gasteiger partial charge in [0, 0.05) is 48.9 Å². The van der Waals surface area contributed by atoms with Gasteiger partial charge in [0.2, 0.25) is 5.69 Å². The number of benzene rings is 1. The average molecular weight is 540 g/mol. The number of hydrogen-bond donors (Lipinski definition) is 2. The number of anilines is 1. The van der Waals surface area contributed by atoms with Crippen LogP contribution in [0.2, 0.25) is 0 Å². The summed E-state index contributed by atoms with van der Waals surface area (Å²) >= 11 is 0. The number of halogens is 3. The monoisotopic (exact) mass is 539 g/mol. The predicted octanol–water partition coefficient (Wildman–Crippen LogP) is 5.09. The molecule has 1 aliphatic carbocycles. The molecule has 4 aromatic rings. The maximum absolute atomic E-state index is 13.4.